The van der Waals surface area contributed by atoms with Crippen LogP contribution in [-0.4, -0.2) is 23.3 Å². The zero-order chi connectivity index (χ0) is 22.0. The van der Waals surface area contributed by atoms with E-state index in [4.69, 9.17) is 9.47 Å². The van der Waals surface area contributed by atoms with Crippen molar-refractivity contribution in [2.45, 2.75) is 45.3 Å². The fraction of sp³-hybridized carbons (Fsp3) is 0.296. The highest BCUT2D eigenvalue weighted by Crippen LogP contribution is 2.38. The lowest BCUT2D eigenvalue weighted by Gasteiger charge is -2.27. The summed E-state index contributed by atoms with van der Waals surface area (Å²) >= 11 is 0. The van der Waals surface area contributed by atoms with Gasteiger partial charge in [-0.3, -0.25) is 0 Å². The van der Waals surface area contributed by atoms with Crippen LogP contribution in [0.15, 0.2) is 66.7 Å². The van der Waals surface area contributed by atoms with E-state index in [0.29, 0.717) is 5.56 Å². The predicted molar refractivity (Wildman–Crippen MR) is 122 cm³/mol. The average Bonchev–Trinajstić information content (AvgIpc) is 2.77. The molecule has 3 aromatic carbocycles. The Kier molecular flexibility index (Phi) is 5.84. The molecule has 1 atom stereocenters. The Morgan fingerprint density at radius 3 is 2.42 bits per heavy atom. The molecule has 0 saturated carbocycles. The molecule has 0 fully saturated rings. The van der Waals surface area contributed by atoms with Crippen molar-refractivity contribution in [3.8, 4) is 28.0 Å². The van der Waals surface area contributed by atoms with Crippen LogP contribution < -0.4 is 4.74 Å². The standard InChI is InChI=1S/C27H28O4/c1-27(2,3)31-25(26(28)29)22-13-11-19(18-8-5-4-6-9-18)17-23(22)20-12-14-24-21(16-20)10-7-15-30-24/h4-6,8-9,11-14,16-17,25H,7,10,15H2,1-3H3,(H,28,29). The van der Waals surface area contributed by atoms with Gasteiger partial charge in [0.15, 0.2) is 6.10 Å². The SMILES string of the molecule is CC(C)(C)OC(C(=O)O)c1ccc(-c2ccccc2)cc1-c1ccc2c(c1)CCCO2. The van der Waals surface area contributed by atoms with E-state index in [1.54, 1.807) is 0 Å². The highest BCUT2D eigenvalue weighted by molar-refractivity contribution is 5.83. The maximum atomic E-state index is 12.2. The molecule has 3 aromatic rings. The molecule has 0 saturated heterocycles. The Balaban J connectivity index is 1.87. The van der Waals surface area contributed by atoms with E-state index >= 15 is 0 Å². The number of carbonyl (C=O) groups is 1. The van der Waals surface area contributed by atoms with Gasteiger partial charge in [-0.15, -0.1) is 0 Å². The van der Waals surface area contributed by atoms with Gasteiger partial charge in [-0.05, 0) is 85.2 Å². The van der Waals surface area contributed by atoms with Gasteiger partial charge in [0.25, 0.3) is 0 Å². The number of benzene rings is 3. The van der Waals surface area contributed by atoms with Gasteiger partial charge in [0, 0.05) is 0 Å². The summed E-state index contributed by atoms with van der Waals surface area (Å²) in [5, 5.41) is 9.99. The number of hydrogen-bond acceptors (Lipinski definition) is 3. The highest BCUT2D eigenvalue weighted by atomic mass is 16.5. The topological polar surface area (TPSA) is 55.8 Å². The minimum atomic E-state index is -1.06. The number of rotatable bonds is 5. The summed E-state index contributed by atoms with van der Waals surface area (Å²) in [6.07, 6.45) is 0.878. The summed E-state index contributed by atoms with van der Waals surface area (Å²) < 4.78 is 11.8. The van der Waals surface area contributed by atoms with E-state index < -0.39 is 17.7 Å². The maximum Gasteiger partial charge on any atom is 0.337 e. The van der Waals surface area contributed by atoms with Crippen LogP contribution in [0.3, 0.4) is 0 Å². The van der Waals surface area contributed by atoms with Gasteiger partial charge in [-0.25, -0.2) is 4.79 Å². The average molecular weight is 417 g/mol. The van der Waals surface area contributed by atoms with Crippen molar-refractivity contribution in [3.63, 3.8) is 0 Å². The molecule has 0 radical (unpaired) electrons. The molecule has 1 unspecified atom stereocenters. The molecule has 0 bridgehead atoms. The fourth-order valence-corrected chi connectivity index (χ4v) is 3.97. The van der Waals surface area contributed by atoms with E-state index in [9.17, 15) is 9.90 Å². The van der Waals surface area contributed by atoms with Crippen LogP contribution in [-0.2, 0) is 16.0 Å². The lowest BCUT2D eigenvalue weighted by molar-refractivity contribution is -0.160. The summed E-state index contributed by atoms with van der Waals surface area (Å²) in [7, 11) is 0. The molecule has 0 spiro atoms. The molecule has 31 heavy (non-hydrogen) atoms. The van der Waals surface area contributed by atoms with E-state index in [0.717, 1.165) is 53.0 Å². The number of fused-ring (bicyclic) bond motifs is 1. The molecular weight excluding hydrogens is 388 g/mol. The van der Waals surface area contributed by atoms with Crippen LogP contribution in [0.4, 0.5) is 0 Å². The fourth-order valence-electron chi connectivity index (χ4n) is 3.97. The molecule has 1 N–H and O–H groups in total. The normalized spacial score (nSPS) is 14.4. The quantitative estimate of drug-likeness (QED) is 0.531. The molecule has 1 aliphatic rings. The Bertz CT molecular complexity index is 1080. The van der Waals surface area contributed by atoms with Crippen LogP contribution in [0.25, 0.3) is 22.3 Å². The van der Waals surface area contributed by atoms with Gasteiger partial charge in [-0.1, -0.05) is 48.5 Å². The van der Waals surface area contributed by atoms with Crippen molar-refractivity contribution < 1.29 is 19.4 Å². The van der Waals surface area contributed by atoms with E-state index in [1.807, 2.05) is 63.2 Å². The highest BCUT2D eigenvalue weighted by Gasteiger charge is 2.29. The minimum absolute atomic E-state index is 0.595. The third kappa shape index (κ3) is 4.80. The Labute approximate surface area is 183 Å². The zero-order valence-corrected chi connectivity index (χ0v) is 18.2. The van der Waals surface area contributed by atoms with Crippen molar-refractivity contribution in [2.75, 3.05) is 6.61 Å². The lowest BCUT2D eigenvalue weighted by Crippen LogP contribution is -2.27. The summed E-state index contributed by atoms with van der Waals surface area (Å²) in [5.74, 6) is -0.0820. The van der Waals surface area contributed by atoms with Crippen LogP contribution in [0.1, 0.15) is 44.4 Å². The first-order chi connectivity index (χ1) is 14.8. The molecule has 4 nitrogen and oxygen atoms in total. The van der Waals surface area contributed by atoms with Gasteiger partial charge in [0.1, 0.15) is 5.75 Å². The molecule has 1 heterocycles. The molecule has 1 aliphatic heterocycles. The number of ether oxygens (including phenoxy) is 2. The maximum absolute atomic E-state index is 12.2. The molecule has 0 aromatic heterocycles. The van der Waals surface area contributed by atoms with Gasteiger partial charge >= 0.3 is 5.97 Å². The lowest BCUT2D eigenvalue weighted by atomic mass is 9.90. The smallest absolute Gasteiger partial charge is 0.337 e. The van der Waals surface area contributed by atoms with Crippen molar-refractivity contribution in [3.05, 3.63) is 77.9 Å². The summed E-state index contributed by atoms with van der Waals surface area (Å²) in [6.45, 7) is 6.35. The molecular formula is C27H28O4. The summed E-state index contributed by atoms with van der Waals surface area (Å²) in [6, 6.07) is 22.1. The molecule has 0 amide bonds. The molecule has 160 valence electrons. The Morgan fingerprint density at radius 1 is 0.968 bits per heavy atom. The number of hydrogen-bond donors (Lipinski definition) is 1. The van der Waals surface area contributed by atoms with Crippen molar-refractivity contribution in [1.29, 1.82) is 0 Å². The van der Waals surface area contributed by atoms with Crippen LogP contribution in [0.5, 0.6) is 5.75 Å². The first kappa shape index (κ1) is 21.1. The first-order valence-corrected chi connectivity index (χ1v) is 10.7. The second kappa shape index (κ2) is 8.56. The van der Waals surface area contributed by atoms with Gasteiger partial charge in [0.2, 0.25) is 0 Å². The Morgan fingerprint density at radius 2 is 1.71 bits per heavy atom. The second-order valence-electron chi connectivity index (χ2n) is 8.89. The van der Waals surface area contributed by atoms with Crippen LogP contribution >= 0.6 is 0 Å². The van der Waals surface area contributed by atoms with Crippen molar-refractivity contribution >= 4 is 5.97 Å². The molecule has 0 aliphatic carbocycles. The predicted octanol–water partition coefficient (Wildman–Crippen LogP) is 6.29. The zero-order valence-electron chi connectivity index (χ0n) is 18.2. The van der Waals surface area contributed by atoms with E-state index in [1.165, 1.54) is 0 Å². The van der Waals surface area contributed by atoms with Gasteiger partial charge in [-0.2, -0.15) is 0 Å². The van der Waals surface area contributed by atoms with Crippen molar-refractivity contribution in [1.82, 2.24) is 0 Å². The number of aliphatic carboxylic acids is 1. The van der Waals surface area contributed by atoms with Crippen molar-refractivity contribution in [2.24, 2.45) is 0 Å². The Hall–Kier alpha value is -3.11. The monoisotopic (exact) mass is 416 g/mol. The first-order valence-electron chi connectivity index (χ1n) is 10.7. The third-order valence-electron chi connectivity index (χ3n) is 5.36. The number of carboxylic acids is 1. The number of aryl methyl sites for hydroxylation is 1. The van der Waals surface area contributed by atoms with Gasteiger partial charge in [0.05, 0.1) is 12.2 Å². The molecule has 4 heteroatoms. The summed E-state index contributed by atoms with van der Waals surface area (Å²) in [5.41, 5.74) is 5.17. The number of carboxylic acid groups (broad SMARTS) is 1. The molecule has 4 rings (SSSR count). The van der Waals surface area contributed by atoms with E-state index in [2.05, 4.69) is 24.3 Å². The van der Waals surface area contributed by atoms with E-state index in [-0.39, 0.29) is 0 Å². The largest absolute Gasteiger partial charge is 0.493 e. The summed E-state index contributed by atoms with van der Waals surface area (Å²) in [4.78, 5) is 12.2. The second-order valence-corrected chi connectivity index (χ2v) is 8.89. The van der Waals surface area contributed by atoms with Crippen LogP contribution in [0, 0.1) is 0 Å². The van der Waals surface area contributed by atoms with Gasteiger partial charge < -0.3 is 14.6 Å². The van der Waals surface area contributed by atoms with Crippen LogP contribution in [0.2, 0.25) is 0 Å². The minimum Gasteiger partial charge on any atom is -0.493 e. The third-order valence-corrected chi connectivity index (χ3v) is 5.36.